The second kappa shape index (κ2) is 4.80. The summed E-state index contributed by atoms with van der Waals surface area (Å²) in [6.07, 6.45) is 7.61. The third kappa shape index (κ3) is 2.13. The highest BCUT2D eigenvalue weighted by Gasteiger charge is 1.97. The van der Waals surface area contributed by atoms with Gasteiger partial charge < -0.3 is 0 Å². The van der Waals surface area contributed by atoms with Crippen LogP contribution in [0.2, 0.25) is 0 Å². The summed E-state index contributed by atoms with van der Waals surface area (Å²) in [5.74, 6) is 0. The minimum atomic E-state index is 0.937. The molecule has 3 aromatic rings. The molecule has 0 N–H and O–H groups in total. The number of hydrogen-bond donors (Lipinski definition) is 0. The number of hydrogen-bond acceptors (Lipinski definition) is 2. The Balaban J connectivity index is 2.03. The highest BCUT2D eigenvalue weighted by atomic mass is 14.7. The Labute approximate surface area is 106 Å². The van der Waals surface area contributed by atoms with E-state index in [4.69, 9.17) is 0 Å². The lowest BCUT2D eigenvalue weighted by Gasteiger charge is -2.00. The van der Waals surface area contributed by atoms with Crippen LogP contribution in [0.5, 0.6) is 0 Å². The first-order chi connectivity index (χ1) is 8.93. The summed E-state index contributed by atoms with van der Waals surface area (Å²) in [4.78, 5) is 8.67. The van der Waals surface area contributed by atoms with Crippen molar-refractivity contribution >= 4 is 22.9 Å². The van der Waals surface area contributed by atoms with Gasteiger partial charge in [-0.25, -0.2) is 0 Å². The molecular formula is C16H12N2. The molecule has 3 rings (SSSR count). The number of pyridine rings is 2. The van der Waals surface area contributed by atoms with Crippen molar-refractivity contribution in [2.75, 3.05) is 0 Å². The van der Waals surface area contributed by atoms with Gasteiger partial charge in [0.05, 0.1) is 11.4 Å². The molecule has 0 unspecified atom stereocenters. The van der Waals surface area contributed by atoms with E-state index in [1.807, 2.05) is 54.7 Å². The number of rotatable bonds is 2. The molecule has 0 saturated heterocycles. The zero-order valence-electron chi connectivity index (χ0n) is 9.82. The van der Waals surface area contributed by atoms with Crippen molar-refractivity contribution in [1.29, 1.82) is 0 Å². The second-order valence-electron chi connectivity index (χ2n) is 4.01. The number of benzene rings is 1. The predicted molar refractivity (Wildman–Crippen MR) is 74.9 cm³/mol. The van der Waals surface area contributed by atoms with Crippen LogP contribution in [-0.4, -0.2) is 9.97 Å². The standard InChI is InChI=1S/C16H12N2/c1-2-7-15-13(5-1)10-12-18-16(15)9-8-14-6-3-4-11-17-14/h1-12H/b9-8+. The topological polar surface area (TPSA) is 25.8 Å². The molecule has 0 fully saturated rings. The molecule has 86 valence electrons. The van der Waals surface area contributed by atoms with Crippen molar-refractivity contribution < 1.29 is 0 Å². The quantitative estimate of drug-likeness (QED) is 0.671. The molecular weight excluding hydrogens is 220 g/mol. The van der Waals surface area contributed by atoms with E-state index in [0.717, 1.165) is 16.8 Å². The lowest BCUT2D eigenvalue weighted by molar-refractivity contribution is 1.29. The Kier molecular flexibility index (Phi) is 2.84. The van der Waals surface area contributed by atoms with Gasteiger partial charge in [-0.05, 0) is 35.7 Å². The van der Waals surface area contributed by atoms with E-state index in [9.17, 15) is 0 Å². The molecule has 0 bridgehead atoms. The van der Waals surface area contributed by atoms with Gasteiger partial charge in [0.1, 0.15) is 0 Å². The summed E-state index contributed by atoms with van der Waals surface area (Å²) in [7, 11) is 0. The highest BCUT2D eigenvalue weighted by Crippen LogP contribution is 2.17. The van der Waals surface area contributed by atoms with E-state index >= 15 is 0 Å². The van der Waals surface area contributed by atoms with E-state index in [2.05, 4.69) is 22.1 Å². The molecule has 0 spiro atoms. The molecule has 2 heteroatoms. The molecule has 18 heavy (non-hydrogen) atoms. The molecule has 0 atom stereocenters. The molecule has 0 saturated carbocycles. The fraction of sp³-hybridized carbons (Fsp3) is 0. The zero-order valence-corrected chi connectivity index (χ0v) is 9.82. The van der Waals surface area contributed by atoms with Crippen molar-refractivity contribution in [2.45, 2.75) is 0 Å². The minimum Gasteiger partial charge on any atom is -0.257 e. The van der Waals surface area contributed by atoms with Crippen molar-refractivity contribution in [3.63, 3.8) is 0 Å². The summed E-state index contributed by atoms with van der Waals surface area (Å²) in [6, 6.07) is 16.1. The van der Waals surface area contributed by atoms with E-state index in [-0.39, 0.29) is 0 Å². The molecule has 0 aliphatic heterocycles. The Morgan fingerprint density at radius 1 is 0.722 bits per heavy atom. The van der Waals surface area contributed by atoms with E-state index in [0.29, 0.717) is 0 Å². The van der Waals surface area contributed by atoms with Crippen molar-refractivity contribution in [2.24, 2.45) is 0 Å². The van der Waals surface area contributed by atoms with Crippen LogP contribution in [0.1, 0.15) is 11.4 Å². The van der Waals surface area contributed by atoms with Gasteiger partial charge in [-0.2, -0.15) is 0 Å². The Morgan fingerprint density at radius 3 is 2.50 bits per heavy atom. The van der Waals surface area contributed by atoms with Crippen molar-refractivity contribution in [3.8, 4) is 0 Å². The van der Waals surface area contributed by atoms with Gasteiger partial charge in [0, 0.05) is 17.8 Å². The Morgan fingerprint density at radius 2 is 1.61 bits per heavy atom. The fourth-order valence-corrected chi connectivity index (χ4v) is 1.91. The summed E-state index contributed by atoms with van der Waals surface area (Å²) in [5, 5.41) is 2.36. The second-order valence-corrected chi connectivity index (χ2v) is 4.01. The van der Waals surface area contributed by atoms with Crippen molar-refractivity contribution in [3.05, 3.63) is 72.3 Å². The highest BCUT2D eigenvalue weighted by molar-refractivity contribution is 5.90. The maximum atomic E-state index is 4.41. The average molecular weight is 232 g/mol. The Bertz CT molecular complexity index is 682. The molecule has 2 heterocycles. The van der Waals surface area contributed by atoms with Crippen LogP contribution in [0.4, 0.5) is 0 Å². The largest absolute Gasteiger partial charge is 0.257 e. The van der Waals surface area contributed by atoms with Gasteiger partial charge in [0.2, 0.25) is 0 Å². The lowest BCUT2D eigenvalue weighted by atomic mass is 10.1. The summed E-state index contributed by atoms with van der Waals surface area (Å²) in [6.45, 7) is 0. The molecule has 0 radical (unpaired) electrons. The van der Waals surface area contributed by atoms with Crippen LogP contribution in [0, 0.1) is 0 Å². The normalized spacial score (nSPS) is 11.1. The SMILES string of the molecule is C(=C\c1nccc2ccccc12)/c1ccccn1. The van der Waals surface area contributed by atoms with Gasteiger partial charge in [-0.15, -0.1) is 0 Å². The van der Waals surface area contributed by atoms with Crippen LogP contribution < -0.4 is 0 Å². The summed E-state index contributed by atoms with van der Waals surface area (Å²) in [5.41, 5.74) is 1.91. The number of fused-ring (bicyclic) bond motifs is 1. The fourth-order valence-electron chi connectivity index (χ4n) is 1.91. The first-order valence-electron chi connectivity index (χ1n) is 5.86. The molecule has 1 aromatic carbocycles. The molecule has 0 aliphatic carbocycles. The van der Waals surface area contributed by atoms with E-state index in [1.54, 1.807) is 6.20 Å². The summed E-state index contributed by atoms with van der Waals surface area (Å²) >= 11 is 0. The van der Waals surface area contributed by atoms with Gasteiger partial charge >= 0.3 is 0 Å². The monoisotopic (exact) mass is 232 g/mol. The van der Waals surface area contributed by atoms with E-state index < -0.39 is 0 Å². The zero-order chi connectivity index (χ0) is 12.2. The molecule has 2 nitrogen and oxygen atoms in total. The summed E-state index contributed by atoms with van der Waals surface area (Å²) < 4.78 is 0. The third-order valence-electron chi connectivity index (χ3n) is 2.80. The average Bonchev–Trinajstić information content (AvgIpc) is 2.46. The van der Waals surface area contributed by atoms with Gasteiger partial charge in [0.25, 0.3) is 0 Å². The van der Waals surface area contributed by atoms with Gasteiger partial charge in [-0.1, -0.05) is 30.3 Å². The smallest absolute Gasteiger partial charge is 0.0708 e. The molecule has 2 aromatic heterocycles. The molecule has 0 aliphatic rings. The van der Waals surface area contributed by atoms with Crippen LogP contribution >= 0.6 is 0 Å². The first kappa shape index (κ1) is 10.7. The predicted octanol–water partition coefficient (Wildman–Crippen LogP) is 3.80. The van der Waals surface area contributed by atoms with Crippen LogP contribution in [-0.2, 0) is 0 Å². The van der Waals surface area contributed by atoms with Crippen LogP contribution in [0.15, 0.2) is 60.9 Å². The lowest BCUT2D eigenvalue weighted by Crippen LogP contribution is -1.83. The van der Waals surface area contributed by atoms with Crippen LogP contribution in [0.25, 0.3) is 22.9 Å². The van der Waals surface area contributed by atoms with Crippen molar-refractivity contribution in [1.82, 2.24) is 9.97 Å². The Hall–Kier alpha value is -2.48. The van der Waals surface area contributed by atoms with E-state index in [1.165, 1.54) is 5.39 Å². The number of nitrogens with zero attached hydrogens (tertiary/aromatic N) is 2. The maximum absolute atomic E-state index is 4.41. The van der Waals surface area contributed by atoms with Crippen LogP contribution in [0.3, 0.4) is 0 Å². The number of aromatic nitrogens is 2. The first-order valence-corrected chi connectivity index (χ1v) is 5.86. The van der Waals surface area contributed by atoms with Gasteiger partial charge in [0.15, 0.2) is 0 Å². The third-order valence-corrected chi connectivity index (χ3v) is 2.80. The minimum absolute atomic E-state index is 0.937. The molecule has 0 amide bonds. The van der Waals surface area contributed by atoms with Gasteiger partial charge in [-0.3, -0.25) is 9.97 Å². The maximum Gasteiger partial charge on any atom is 0.0708 e.